The first kappa shape index (κ1) is 13.2. The molecule has 0 spiro atoms. The van der Waals surface area contributed by atoms with Crippen LogP contribution in [0.1, 0.15) is 6.92 Å². The number of carbonyl (C=O) groups is 3. The number of hydrogen-bond donors (Lipinski definition) is 2. The van der Waals surface area contributed by atoms with Gasteiger partial charge in [-0.15, -0.1) is 0 Å². The molecule has 0 saturated heterocycles. The lowest BCUT2D eigenvalue weighted by molar-refractivity contribution is -0.141. The second-order valence-electron chi connectivity index (χ2n) is 3.23. The van der Waals surface area contributed by atoms with Crippen LogP contribution in [0, 0.1) is 0 Å². The molecule has 0 aromatic heterocycles. The molecule has 15 heavy (non-hydrogen) atoms. The van der Waals surface area contributed by atoms with Crippen LogP contribution in [0.3, 0.4) is 0 Å². The van der Waals surface area contributed by atoms with Crippen LogP contribution in [-0.4, -0.2) is 59.5 Å². The zero-order valence-corrected chi connectivity index (χ0v) is 8.93. The lowest BCUT2D eigenvalue weighted by Crippen LogP contribution is -2.48. The number of hydrogen-bond acceptors (Lipinski definition) is 3. The van der Waals surface area contributed by atoms with Gasteiger partial charge in [0.1, 0.15) is 12.6 Å². The van der Waals surface area contributed by atoms with Crippen LogP contribution >= 0.6 is 0 Å². The Labute approximate surface area is 87.4 Å². The van der Waals surface area contributed by atoms with E-state index in [0.717, 1.165) is 9.80 Å². The van der Waals surface area contributed by atoms with Crippen LogP contribution in [0.25, 0.3) is 0 Å². The van der Waals surface area contributed by atoms with Crippen LogP contribution < -0.4 is 5.73 Å². The summed E-state index contributed by atoms with van der Waals surface area (Å²) in [5.74, 6) is -1.76. The Kier molecular flexibility index (Phi) is 4.56. The summed E-state index contributed by atoms with van der Waals surface area (Å²) in [6.07, 6.45) is 0. The minimum Gasteiger partial charge on any atom is -0.480 e. The van der Waals surface area contributed by atoms with Crippen LogP contribution in [0.2, 0.25) is 0 Å². The van der Waals surface area contributed by atoms with Crippen molar-refractivity contribution in [3.63, 3.8) is 0 Å². The highest BCUT2D eigenvalue weighted by atomic mass is 16.4. The topological polar surface area (TPSA) is 104 Å². The quantitative estimate of drug-likeness (QED) is 0.625. The van der Waals surface area contributed by atoms with Crippen LogP contribution in [0.15, 0.2) is 0 Å². The van der Waals surface area contributed by atoms with Crippen LogP contribution in [0.4, 0.5) is 4.79 Å². The van der Waals surface area contributed by atoms with E-state index >= 15 is 0 Å². The molecule has 0 aliphatic carbocycles. The number of carbonyl (C=O) groups excluding carboxylic acids is 2. The van der Waals surface area contributed by atoms with E-state index in [1.807, 2.05) is 0 Å². The maximum Gasteiger partial charge on any atom is 0.326 e. The Morgan fingerprint density at radius 2 is 1.80 bits per heavy atom. The number of nitrogens with zero attached hydrogens (tertiary/aromatic N) is 2. The second-order valence-corrected chi connectivity index (χ2v) is 3.23. The molecule has 7 nitrogen and oxygen atoms in total. The van der Waals surface area contributed by atoms with Crippen molar-refractivity contribution >= 4 is 17.9 Å². The van der Waals surface area contributed by atoms with Crippen molar-refractivity contribution in [1.29, 1.82) is 0 Å². The molecule has 7 heteroatoms. The first-order valence-electron chi connectivity index (χ1n) is 4.26. The lowest BCUT2D eigenvalue weighted by Gasteiger charge is -2.26. The zero-order valence-electron chi connectivity index (χ0n) is 8.93. The number of rotatable bonds is 4. The van der Waals surface area contributed by atoms with E-state index in [-0.39, 0.29) is 6.54 Å². The van der Waals surface area contributed by atoms with Gasteiger partial charge in [-0.1, -0.05) is 0 Å². The molecule has 0 heterocycles. The Bertz CT molecular complexity index is 279. The highest BCUT2D eigenvalue weighted by Gasteiger charge is 2.24. The van der Waals surface area contributed by atoms with Crippen molar-refractivity contribution < 1.29 is 19.5 Å². The number of aliphatic carboxylic acids is 1. The molecule has 3 N–H and O–H groups in total. The van der Waals surface area contributed by atoms with Gasteiger partial charge in [0.25, 0.3) is 0 Å². The summed E-state index contributed by atoms with van der Waals surface area (Å²) in [7, 11) is 2.72. The molecule has 0 aliphatic rings. The van der Waals surface area contributed by atoms with E-state index in [1.54, 1.807) is 0 Å². The third-order valence-electron chi connectivity index (χ3n) is 1.96. The zero-order chi connectivity index (χ0) is 12.2. The third kappa shape index (κ3) is 3.84. The van der Waals surface area contributed by atoms with Crippen molar-refractivity contribution in [3.8, 4) is 0 Å². The number of primary amides is 1. The molecule has 0 aromatic rings. The lowest BCUT2D eigenvalue weighted by atomic mass is 10.3. The van der Waals surface area contributed by atoms with Gasteiger partial charge >= 0.3 is 12.0 Å². The number of amides is 3. The fraction of sp³-hybridized carbons (Fsp3) is 0.625. The van der Waals surface area contributed by atoms with E-state index in [9.17, 15) is 14.4 Å². The van der Waals surface area contributed by atoms with E-state index in [2.05, 4.69) is 0 Å². The Morgan fingerprint density at radius 3 is 2.13 bits per heavy atom. The van der Waals surface area contributed by atoms with Crippen molar-refractivity contribution in [2.24, 2.45) is 5.73 Å². The molecule has 0 saturated carbocycles. The average Bonchev–Trinajstić information content (AvgIpc) is 2.13. The molecule has 0 aliphatic heterocycles. The van der Waals surface area contributed by atoms with Gasteiger partial charge in [0.15, 0.2) is 0 Å². The number of carboxylic acid groups (broad SMARTS) is 1. The first-order chi connectivity index (χ1) is 6.77. The largest absolute Gasteiger partial charge is 0.480 e. The maximum absolute atomic E-state index is 11.5. The van der Waals surface area contributed by atoms with Crippen molar-refractivity contribution in [3.05, 3.63) is 0 Å². The molecule has 0 radical (unpaired) electrons. The number of carboxylic acids is 1. The fourth-order valence-electron chi connectivity index (χ4n) is 0.902. The summed E-state index contributed by atoms with van der Waals surface area (Å²) in [5.41, 5.74) is 4.90. The Hall–Kier alpha value is -1.79. The smallest absolute Gasteiger partial charge is 0.326 e. The predicted molar refractivity (Wildman–Crippen MR) is 52.1 cm³/mol. The summed E-state index contributed by atoms with van der Waals surface area (Å²) >= 11 is 0. The molecule has 1 atom stereocenters. The minimum absolute atomic E-state index is 0.241. The molecular weight excluding hydrogens is 202 g/mol. The molecule has 3 amide bonds. The minimum atomic E-state index is -1.11. The SMILES string of the molecule is CC(C(=O)O)N(C)C(=O)N(C)CC(N)=O. The summed E-state index contributed by atoms with van der Waals surface area (Å²) in [4.78, 5) is 34.7. The summed E-state index contributed by atoms with van der Waals surface area (Å²) in [5, 5.41) is 8.66. The summed E-state index contributed by atoms with van der Waals surface area (Å²) < 4.78 is 0. The Morgan fingerprint density at radius 1 is 1.33 bits per heavy atom. The normalized spacial score (nSPS) is 11.7. The van der Waals surface area contributed by atoms with Crippen LogP contribution in [0.5, 0.6) is 0 Å². The van der Waals surface area contributed by atoms with Gasteiger partial charge in [0, 0.05) is 14.1 Å². The van der Waals surface area contributed by atoms with E-state index < -0.39 is 23.9 Å². The standard InChI is InChI=1S/C8H15N3O4/c1-5(7(13)14)11(3)8(15)10(2)4-6(9)12/h5H,4H2,1-3H3,(H2,9,12)(H,13,14). The molecule has 86 valence electrons. The van der Waals surface area contributed by atoms with Gasteiger partial charge in [-0.25, -0.2) is 9.59 Å². The van der Waals surface area contributed by atoms with Gasteiger partial charge in [-0.05, 0) is 6.92 Å². The predicted octanol–water partition coefficient (Wildman–Crippen LogP) is -1.07. The van der Waals surface area contributed by atoms with Crippen molar-refractivity contribution in [2.45, 2.75) is 13.0 Å². The van der Waals surface area contributed by atoms with Gasteiger partial charge in [-0.2, -0.15) is 0 Å². The number of urea groups is 1. The number of nitrogens with two attached hydrogens (primary N) is 1. The number of likely N-dealkylation sites (N-methyl/N-ethyl adjacent to an activating group) is 2. The maximum atomic E-state index is 11.5. The van der Waals surface area contributed by atoms with Crippen molar-refractivity contribution in [1.82, 2.24) is 9.80 Å². The first-order valence-corrected chi connectivity index (χ1v) is 4.26. The van der Waals surface area contributed by atoms with Crippen LogP contribution in [-0.2, 0) is 9.59 Å². The fourth-order valence-corrected chi connectivity index (χ4v) is 0.902. The van der Waals surface area contributed by atoms with Crippen molar-refractivity contribution in [2.75, 3.05) is 20.6 Å². The van der Waals surface area contributed by atoms with E-state index in [0.29, 0.717) is 0 Å². The van der Waals surface area contributed by atoms with Gasteiger partial charge in [-0.3, -0.25) is 4.79 Å². The summed E-state index contributed by atoms with van der Waals surface area (Å²) in [6, 6.07) is -1.52. The molecule has 0 rings (SSSR count). The molecular formula is C8H15N3O4. The molecule has 0 fully saturated rings. The monoisotopic (exact) mass is 217 g/mol. The van der Waals surface area contributed by atoms with Gasteiger partial charge in [0.2, 0.25) is 5.91 Å². The highest BCUT2D eigenvalue weighted by Crippen LogP contribution is 2.00. The summed E-state index contributed by atoms with van der Waals surface area (Å²) in [6.45, 7) is 1.13. The highest BCUT2D eigenvalue weighted by molar-refractivity contribution is 5.85. The van der Waals surface area contributed by atoms with E-state index in [1.165, 1.54) is 21.0 Å². The molecule has 0 aromatic carbocycles. The van der Waals surface area contributed by atoms with Gasteiger partial charge < -0.3 is 20.6 Å². The van der Waals surface area contributed by atoms with Gasteiger partial charge in [0.05, 0.1) is 0 Å². The Balaban J connectivity index is 4.43. The average molecular weight is 217 g/mol. The third-order valence-corrected chi connectivity index (χ3v) is 1.96. The molecule has 1 unspecified atom stereocenters. The second kappa shape index (κ2) is 5.18. The van der Waals surface area contributed by atoms with E-state index in [4.69, 9.17) is 10.8 Å². The molecule has 0 bridgehead atoms.